The number of aromatic carboxylic acids is 3. The van der Waals surface area contributed by atoms with Gasteiger partial charge in [-0.25, -0.2) is 14.4 Å². The predicted molar refractivity (Wildman–Crippen MR) is 73.2 cm³/mol. The van der Waals surface area contributed by atoms with Gasteiger partial charge in [0, 0.05) is 0 Å². The van der Waals surface area contributed by atoms with E-state index in [1.54, 1.807) is 6.92 Å². The van der Waals surface area contributed by atoms with Crippen LogP contribution in [0.3, 0.4) is 0 Å². The molecule has 0 aliphatic heterocycles. The van der Waals surface area contributed by atoms with E-state index < -0.39 is 34.6 Å². The molecule has 0 spiro atoms. The molecule has 0 radical (unpaired) electrons. The molecule has 0 saturated heterocycles. The van der Waals surface area contributed by atoms with Gasteiger partial charge in [-0.05, 0) is 24.0 Å². The van der Waals surface area contributed by atoms with Crippen molar-refractivity contribution < 1.29 is 29.7 Å². The van der Waals surface area contributed by atoms with Crippen molar-refractivity contribution in [1.82, 2.24) is 0 Å². The summed E-state index contributed by atoms with van der Waals surface area (Å²) in [6.45, 7) is 3.59. The van der Waals surface area contributed by atoms with E-state index in [1.807, 2.05) is 6.92 Å². The number of hydrogen-bond acceptors (Lipinski definition) is 3. The Bertz CT molecular complexity index is 552. The molecule has 20 heavy (non-hydrogen) atoms. The Balaban J connectivity index is 0.00000361. The summed E-state index contributed by atoms with van der Waals surface area (Å²) >= 11 is 0. The van der Waals surface area contributed by atoms with E-state index in [2.05, 4.69) is 0 Å². The van der Waals surface area contributed by atoms with Crippen LogP contribution in [0.4, 0.5) is 0 Å². The van der Waals surface area contributed by atoms with E-state index in [4.69, 9.17) is 10.2 Å². The quantitative estimate of drug-likeness (QED) is 0.711. The second kappa shape index (κ2) is 7.42. The van der Waals surface area contributed by atoms with E-state index in [9.17, 15) is 19.5 Å². The van der Waals surface area contributed by atoms with Crippen molar-refractivity contribution in [3.05, 3.63) is 34.4 Å². The zero-order valence-electron chi connectivity index (χ0n) is 10.5. The van der Waals surface area contributed by atoms with Gasteiger partial charge in [0.15, 0.2) is 0 Å². The van der Waals surface area contributed by atoms with Crippen LogP contribution in [0.15, 0.2) is 12.1 Å². The number of hydrogen-bond donors (Lipinski definition) is 3. The summed E-state index contributed by atoms with van der Waals surface area (Å²) in [5.74, 6) is -4.63. The molecule has 0 heterocycles. The summed E-state index contributed by atoms with van der Waals surface area (Å²) in [6.07, 6.45) is 0.617. The minimum absolute atomic E-state index is 0. The van der Waals surface area contributed by atoms with Crippen molar-refractivity contribution in [2.24, 2.45) is 0 Å². The van der Waals surface area contributed by atoms with Crippen LogP contribution in [0.2, 0.25) is 0 Å². The van der Waals surface area contributed by atoms with Crippen molar-refractivity contribution in [3.8, 4) is 0 Å². The molecule has 104 valence electrons. The number of carboxylic acid groups (broad SMARTS) is 3. The van der Waals surface area contributed by atoms with Crippen LogP contribution in [-0.2, 0) is 0 Å². The molecule has 1 atom stereocenters. The summed E-state index contributed by atoms with van der Waals surface area (Å²) < 4.78 is 0. The molecule has 0 fully saturated rings. The molecule has 0 saturated carbocycles. The molecule has 6 nitrogen and oxygen atoms in total. The van der Waals surface area contributed by atoms with Crippen molar-refractivity contribution in [2.45, 2.75) is 26.2 Å². The Morgan fingerprint density at radius 2 is 1.50 bits per heavy atom. The molecular formula is C13H15NaO6. The first-order chi connectivity index (χ1) is 8.81. The van der Waals surface area contributed by atoms with Crippen molar-refractivity contribution >= 4 is 47.5 Å². The predicted octanol–water partition coefficient (Wildman–Crippen LogP) is 1.65. The fraction of sp³-hybridized carbons (Fsp3) is 0.308. The number of carbonyl (C=O) groups is 3. The van der Waals surface area contributed by atoms with Crippen LogP contribution >= 0.6 is 0 Å². The van der Waals surface area contributed by atoms with Gasteiger partial charge in [-0.2, -0.15) is 0 Å². The standard InChI is InChI=1S/C13H14O6.Na.H/c1-3-6(2)7-4-5-8(11(14)15)10(13(18)19)9(7)12(16)17;;/h4-6H,3H2,1-2H3,(H,14,15)(H,16,17)(H,18,19);;. The fourth-order valence-corrected chi connectivity index (χ4v) is 1.88. The summed E-state index contributed by atoms with van der Waals surface area (Å²) in [4.78, 5) is 33.5. The molecule has 0 aromatic heterocycles. The number of rotatable bonds is 5. The SMILES string of the molecule is CCC(C)c1ccc(C(=O)O)c(C(=O)O)c1C(=O)O.[NaH]. The van der Waals surface area contributed by atoms with Gasteiger partial charge in [0.05, 0.1) is 16.7 Å². The third kappa shape index (κ3) is 3.59. The molecule has 0 amide bonds. The Labute approximate surface area is 137 Å². The van der Waals surface area contributed by atoms with E-state index in [0.29, 0.717) is 12.0 Å². The molecule has 1 rings (SSSR count). The zero-order valence-corrected chi connectivity index (χ0v) is 10.5. The average Bonchev–Trinajstić information content (AvgIpc) is 2.35. The third-order valence-electron chi connectivity index (χ3n) is 3.04. The van der Waals surface area contributed by atoms with Gasteiger partial charge in [-0.3, -0.25) is 0 Å². The van der Waals surface area contributed by atoms with Gasteiger partial charge < -0.3 is 15.3 Å². The van der Waals surface area contributed by atoms with Crippen molar-refractivity contribution in [2.75, 3.05) is 0 Å². The summed E-state index contributed by atoms with van der Waals surface area (Å²) in [6, 6.07) is 2.51. The van der Waals surface area contributed by atoms with Gasteiger partial charge in [0.2, 0.25) is 0 Å². The summed E-state index contributed by atoms with van der Waals surface area (Å²) in [7, 11) is 0. The first kappa shape index (κ1) is 18.6. The zero-order chi connectivity index (χ0) is 14.7. The Morgan fingerprint density at radius 3 is 1.85 bits per heavy atom. The van der Waals surface area contributed by atoms with E-state index in [0.717, 1.165) is 6.07 Å². The maximum atomic E-state index is 11.3. The fourth-order valence-electron chi connectivity index (χ4n) is 1.88. The molecule has 1 aromatic carbocycles. The van der Waals surface area contributed by atoms with E-state index in [1.165, 1.54) is 6.07 Å². The van der Waals surface area contributed by atoms with Gasteiger partial charge in [-0.15, -0.1) is 0 Å². The van der Waals surface area contributed by atoms with Crippen LogP contribution in [0.1, 0.15) is 62.8 Å². The minimum atomic E-state index is -1.56. The van der Waals surface area contributed by atoms with Gasteiger partial charge in [0.1, 0.15) is 0 Å². The van der Waals surface area contributed by atoms with Crippen LogP contribution < -0.4 is 0 Å². The van der Waals surface area contributed by atoms with Gasteiger partial charge >= 0.3 is 47.5 Å². The van der Waals surface area contributed by atoms with E-state index in [-0.39, 0.29) is 35.5 Å². The third-order valence-corrected chi connectivity index (χ3v) is 3.04. The second-order valence-electron chi connectivity index (χ2n) is 4.18. The van der Waals surface area contributed by atoms with Crippen molar-refractivity contribution in [1.29, 1.82) is 0 Å². The van der Waals surface area contributed by atoms with Crippen LogP contribution in [0.5, 0.6) is 0 Å². The van der Waals surface area contributed by atoms with Crippen LogP contribution in [0, 0.1) is 0 Å². The molecule has 0 aliphatic carbocycles. The van der Waals surface area contributed by atoms with Gasteiger partial charge in [0.25, 0.3) is 0 Å². The summed E-state index contributed by atoms with van der Waals surface area (Å²) in [5, 5.41) is 27.2. The molecule has 1 unspecified atom stereocenters. The Kier molecular flexibility index (Phi) is 6.91. The topological polar surface area (TPSA) is 112 Å². The van der Waals surface area contributed by atoms with Crippen molar-refractivity contribution in [3.63, 3.8) is 0 Å². The van der Waals surface area contributed by atoms with Crippen LogP contribution in [0.25, 0.3) is 0 Å². The Hall–Kier alpha value is -1.37. The normalized spacial score (nSPS) is 11.3. The average molecular weight is 290 g/mol. The maximum absolute atomic E-state index is 11.3. The first-order valence-electron chi connectivity index (χ1n) is 5.68. The molecule has 7 heteroatoms. The first-order valence-corrected chi connectivity index (χ1v) is 5.68. The number of carboxylic acids is 3. The molecular weight excluding hydrogens is 275 g/mol. The van der Waals surface area contributed by atoms with Gasteiger partial charge in [-0.1, -0.05) is 19.9 Å². The second-order valence-corrected chi connectivity index (χ2v) is 4.18. The molecule has 1 aromatic rings. The molecule has 3 N–H and O–H groups in total. The summed E-state index contributed by atoms with van der Waals surface area (Å²) in [5.41, 5.74) is -1.30. The van der Waals surface area contributed by atoms with Crippen LogP contribution in [-0.4, -0.2) is 62.8 Å². The van der Waals surface area contributed by atoms with E-state index >= 15 is 0 Å². The monoisotopic (exact) mass is 290 g/mol. The Morgan fingerprint density at radius 1 is 1.00 bits per heavy atom. The molecule has 0 bridgehead atoms. The molecule has 0 aliphatic rings. The number of benzene rings is 1.